The average molecular weight is 682 g/mol. The van der Waals surface area contributed by atoms with E-state index in [1.807, 2.05) is 0 Å². The largest absolute Gasteiger partial charge is 0.352 e. The van der Waals surface area contributed by atoms with Gasteiger partial charge in [-0.05, 0) is 75.0 Å². The molecule has 2 aliphatic heterocycles. The molecule has 3 N–H and O–H groups in total. The molecule has 0 radical (unpaired) electrons. The van der Waals surface area contributed by atoms with Crippen LogP contribution in [0, 0.1) is 17.6 Å². The first-order valence-corrected chi connectivity index (χ1v) is 16.8. The Hall–Kier alpha value is -4.46. The zero-order valence-electron chi connectivity index (χ0n) is 27.3. The molecule has 3 fully saturated rings. The van der Waals surface area contributed by atoms with Gasteiger partial charge in [-0.1, -0.05) is 0 Å². The monoisotopic (exact) mass is 681 g/mol. The molecule has 14 heteroatoms. The van der Waals surface area contributed by atoms with Crippen molar-refractivity contribution in [2.24, 2.45) is 5.92 Å². The second-order valence-corrected chi connectivity index (χ2v) is 13.7. The van der Waals surface area contributed by atoms with Gasteiger partial charge in [-0.15, -0.1) is 0 Å². The minimum absolute atomic E-state index is 0.0304. The maximum Gasteiger partial charge on any atom is 0.245 e. The maximum absolute atomic E-state index is 15.2. The first kappa shape index (κ1) is 33.1. The van der Waals surface area contributed by atoms with Gasteiger partial charge < -0.3 is 30.0 Å². The number of nitrogens with zero attached hydrogens (tertiary/aromatic N) is 4. The van der Waals surface area contributed by atoms with Crippen LogP contribution in [0.2, 0.25) is 0 Å². The minimum atomic E-state index is -1.29. The Kier molecular flexibility index (Phi) is 8.84. The standard InChI is InChI=1S/C35H39F4N7O3/c1-18(40-2)34(48)43-31(19-3-4-19)35(49)45-15-23(39)9-24(45)13-27-26-7-5-20(36)11-28(26)41-32(27)33-42-29-12-21(37)6-8-30(29)46(33)16-25-10-22(38)14-44(25)17-47/h5-8,11-12,17-19,22-25,31,40-41H,3-4,9-10,13-16H2,1-2H3,(H,43,48). The molecule has 10 nitrogen and oxygen atoms in total. The molecular weight excluding hydrogens is 642 g/mol. The summed E-state index contributed by atoms with van der Waals surface area (Å²) in [5, 5.41) is 6.41. The Morgan fingerprint density at radius 2 is 1.76 bits per heavy atom. The van der Waals surface area contributed by atoms with Gasteiger partial charge in [-0.2, -0.15) is 0 Å². The Labute approximate surface area is 280 Å². The number of carbonyl (C=O) groups is 3. The van der Waals surface area contributed by atoms with E-state index in [0.29, 0.717) is 45.4 Å². The number of nitrogens with one attached hydrogen (secondary N) is 3. The summed E-state index contributed by atoms with van der Waals surface area (Å²) in [6.45, 7) is 1.70. The second kappa shape index (κ2) is 13.1. The summed E-state index contributed by atoms with van der Waals surface area (Å²) in [4.78, 5) is 49.7. The molecule has 3 amide bonds. The van der Waals surface area contributed by atoms with Crippen molar-refractivity contribution >= 4 is 40.2 Å². The molecule has 49 heavy (non-hydrogen) atoms. The van der Waals surface area contributed by atoms with E-state index in [0.717, 1.165) is 12.8 Å². The van der Waals surface area contributed by atoms with E-state index < -0.39 is 48.1 Å². The highest BCUT2D eigenvalue weighted by molar-refractivity contribution is 5.93. The number of imidazole rings is 1. The highest BCUT2D eigenvalue weighted by Gasteiger charge is 2.45. The van der Waals surface area contributed by atoms with Gasteiger partial charge in [0.15, 0.2) is 5.82 Å². The maximum atomic E-state index is 15.2. The SMILES string of the molecule is CNC(C)C(=O)NC(C(=O)N1CC(F)CC1Cc1c(-c2nc3cc(F)ccc3n2CC2CC(F)CN2C=O)[nH]c2cc(F)ccc12)C1CC1. The molecule has 6 atom stereocenters. The lowest BCUT2D eigenvalue weighted by Gasteiger charge is -2.30. The Morgan fingerprint density at radius 1 is 1.04 bits per heavy atom. The van der Waals surface area contributed by atoms with Crippen LogP contribution in [0.15, 0.2) is 36.4 Å². The summed E-state index contributed by atoms with van der Waals surface area (Å²) in [5.41, 5.74) is 2.46. The molecule has 1 saturated carbocycles. The Balaban J connectivity index is 1.29. The number of hydrogen-bond acceptors (Lipinski definition) is 5. The quantitative estimate of drug-likeness (QED) is 0.164. The fourth-order valence-electron chi connectivity index (χ4n) is 7.47. The predicted octanol–water partition coefficient (Wildman–Crippen LogP) is 4.02. The van der Waals surface area contributed by atoms with Crippen molar-refractivity contribution in [2.45, 2.75) is 82.1 Å². The van der Waals surface area contributed by atoms with Crippen LogP contribution in [0.1, 0.15) is 38.2 Å². The van der Waals surface area contributed by atoms with E-state index in [1.165, 1.54) is 34.1 Å². The fourth-order valence-corrected chi connectivity index (χ4v) is 7.47. The first-order chi connectivity index (χ1) is 23.5. The highest BCUT2D eigenvalue weighted by atomic mass is 19.1. The van der Waals surface area contributed by atoms with Crippen LogP contribution in [0.5, 0.6) is 0 Å². The Morgan fingerprint density at radius 3 is 2.49 bits per heavy atom. The number of likely N-dealkylation sites (tertiary alicyclic amines) is 2. The lowest BCUT2D eigenvalue weighted by molar-refractivity contribution is -0.138. The van der Waals surface area contributed by atoms with Crippen LogP contribution in [-0.4, -0.2) is 99.2 Å². The van der Waals surface area contributed by atoms with Crippen LogP contribution in [0.25, 0.3) is 33.5 Å². The number of rotatable bonds is 11. The molecular formula is C35H39F4N7O3. The van der Waals surface area contributed by atoms with Gasteiger partial charge in [0.2, 0.25) is 18.2 Å². The third-order valence-corrected chi connectivity index (χ3v) is 10.3. The van der Waals surface area contributed by atoms with Crippen LogP contribution >= 0.6 is 0 Å². The number of aromatic amines is 1. The fraction of sp³-hybridized carbons (Fsp3) is 0.486. The molecule has 260 valence electrons. The van der Waals surface area contributed by atoms with Crippen molar-refractivity contribution in [2.75, 3.05) is 20.1 Å². The van der Waals surface area contributed by atoms with Gasteiger partial charge in [0, 0.05) is 42.4 Å². The van der Waals surface area contributed by atoms with Crippen LogP contribution in [-0.2, 0) is 27.3 Å². The van der Waals surface area contributed by atoms with Gasteiger partial charge in [0.05, 0.1) is 41.9 Å². The minimum Gasteiger partial charge on any atom is -0.352 e. The smallest absolute Gasteiger partial charge is 0.245 e. The van der Waals surface area contributed by atoms with E-state index >= 15 is 4.39 Å². The molecule has 4 aromatic rings. The van der Waals surface area contributed by atoms with Crippen LogP contribution in [0.3, 0.4) is 0 Å². The third-order valence-electron chi connectivity index (χ3n) is 10.3. The number of carbonyl (C=O) groups excluding carboxylic acids is 3. The van der Waals surface area contributed by atoms with E-state index in [1.54, 1.807) is 30.7 Å². The second-order valence-electron chi connectivity index (χ2n) is 13.7. The number of fused-ring (bicyclic) bond motifs is 2. The molecule has 3 aliphatic rings. The van der Waals surface area contributed by atoms with Crippen molar-refractivity contribution < 1.29 is 31.9 Å². The van der Waals surface area contributed by atoms with Gasteiger partial charge in [0.1, 0.15) is 30.0 Å². The molecule has 6 unspecified atom stereocenters. The van der Waals surface area contributed by atoms with Gasteiger partial charge in [0.25, 0.3) is 0 Å². The number of benzene rings is 2. The number of halogens is 4. The molecule has 2 aromatic carbocycles. The number of H-pyrrole nitrogens is 1. The number of hydrogen-bond donors (Lipinski definition) is 3. The molecule has 4 heterocycles. The van der Waals surface area contributed by atoms with Gasteiger partial charge in [-0.25, -0.2) is 22.5 Å². The van der Waals surface area contributed by atoms with Crippen molar-refractivity contribution in [1.82, 2.24) is 35.0 Å². The summed E-state index contributed by atoms with van der Waals surface area (Å²) in [6, 6.07) is 6.05. The van der Waals surface area contributed by atoms with Crippen molar-refractivity contribution in [3.63, 3.8) is 0 Å². The van der Waals surface area contributed by atoms with E-state index in [9.17, 15) is 27.6 Å². The summed E-state index contributed by atoms with van der Waals surface area (Å²) >= 11 is 0. The predicted molar refractivity (Wildman–Crippen MR) is 175 cm³/mol. The van der Waals surface area contributed by atoms with Crippen molar-refractivity contribution in [1.29, 1.82) is 0 Å². The molecule has 2 saturated heterocycles. The summed E-state index contributed by atoms with van der Waals surface area (Å²) in [6.07, 6.45) is 0.0630. The van der Waals surface area contributed by atoms with Crippen molar-refractivity contribution in [3.05, 3.63) is 53.6 Å². The molecule has 0 spiro atoms. The van der Waals surface area contributed by atoms with E-state index in [2.05, 4.69) is 15.6 Å². The average Bonchev–Trinajstić information content (AvgIpc) is 3.45. The zero-order chi connectivity index (χ0) is 34.6. The lowest BCUT2D eigenvalue weighted by atomic mass is 9.99. The Bertz CT molecular complexity index is 1910. The first-order valence-electron chi connectivity index (χ1n) is 16.8. The topological polar surface area (TPSA) is 115 Å². The van der Waals surface area contributed by atoms with E-state index in [4.69, 9.17) is 4.98 Å². The zero-order valence-corrected chi connectivity index (χ0v) is 27.3. The number of likely N-dealkylation sites (N-methyl/N-ethyl adjacent to an activating group) is 1. The normalized spacial score (nSPS) is 23.8. The van der Waals surface area contributed by atoms with Crippen LogP contribution < -0.4 is 10.6 Å². The number of aromatic nitrogens is 3. The molecule has 0 bridgehead atoms. The lowest BCUT2D eigenvalue weighted by Crippen LogP contribution is -2.54. The van der Waals surface area contributed by atoms with Gasteiger partial charge in [-0.3, -0.25) is 14.4 Å². The van der Waals surface area contributed by atoms with Crippen molar-refractivity contribution in [3.8, 4) is 11.5 Å². The third kappa shape index (κ3) is 6.38. The molecule has 7 rings (SSSR count). The molecule has 2 aromatic heterocycles. The number of amides is 3. The summed E-state index contributed by atoms with van der Waals surface area (Å²) in [5.74, 6) is -1.31. The summed E-state index contributed by atoms with van der Waals surface area (Å²) in [7, 11) is 1.65. The highest BCUT2D eigenvalue weighted by Crippen LogP contribution is 2.39. The molecule has 1 aliphatic carbocycles. The number of alkyl halides is 2. The summed E-state index contributed by atoms with van der Waals surface area (Å²) < 4.78 is 60.5. The van der Waals surface area contributed by atoms with Crippen LogP contribution in [0.4, 0.5) is 17.6 Å². The van der Waals surface area contributed by atoms with E-state index in [-0.39, 0.29) is 56.6 Å². The van der Waals surface area contributed by atoms with Gasteiger partial charge >= 0.3 is 0 Å².